The summed E-state index contributed by atoms with van der Waals surface area (Å²) in [5, 5.41) is 0. The summed E-state index contributed by atoms with van der Waals surface area (Å²) in [5.74, 6) is 0.907. The Morgan fingerprint density at radius 1 is 0.773 bits per heavy atom. The fourth-order valence-corrected chi connectivity index (χ4v) is 3.61. The molecule has 0 aromatic heterocycles. The fraction of sp³-hybridized carbons (Fsp3) is 0.895. The second-order valence-electron chi connectivity index (χ2n) is 6.48. The Balaban J connectivity index is -0.000000388. The molecule has 2 rings (SSSR count). The van der Waals surface area contributed by atoms with Crippen molar-refractivity contribution in [1.82, 2.24) is 9.80 Å². The maximum absolute atomic E-state index is 2.56. The minimum atomic E-state index is 0. The van der Waals surface area contributed by atoms with Crippen LogP contribution in [0.3, 0.4) is 0 Å². The minimum Gasteiger partial charge on any atom is -0.358 e. The van der Waals surface area contributed by atoms with Gasteiger partial charge in [0, 0.05) is 12.6 Å². The summed E-state index contributed by atoms with van der Waals surface area (Å²) >= 11 is 0. The molecule has 2 aliphatic rings. The van der Waals surface area contributed by atoms with E-state index in [1.54, 1.807) is 0 Å². The zero-order valence-corrected chi connectivity index (χ0v) is 17.3. The maximum Gasteiger partial charge on any atom is 2.00 e. The van der Waals surface area contributed by atoms with Crippen molar-refractivity contribution < 1.29 is 17.1 Å². The number of hydrogen-bond acceptors (Lipinski definition) is 2. The van der Waals surface area contributed by atoms with E-state index in [1.165, 1.54) is 71.0 Å². The molecule has 0 aliphatic heterocycles. The molecule has 2 atom stereocenters. The van der Waals surface area contributed by atoms with Gasteiger partial charge in [0.15, 0.2) is 0 Å². The molecule has 2 nitrogen and oxygen atoms in total. The van der Waals surface area contributed by atoms with Gasteiger partial charge in [-0.05, 0) is 45.9 Å². The van der Waals surface area contributed by atoms with Gasteiger partial charge in [0.25, 0.3) is 0 Å². The molecule has 2 unspecified atom stereocenters. The second-order valence-corrected chi connectivity index (χ2v) is 6.48. The zero-order valence-electron chi connectivity index (χ0n) is 16.2. The first-order valence-corrected chi connectivity index (χ1v) is 8.57. The second kappa shape index (κ2) is 16.3. The molecular weight excluding hydrogens is 312 g/mol. The van der Waals surface area contributed by atoms with Crippen LogP contribution in [0.25, 0.3) is 0 Å². The molecule has 136 valence electrons. The largest absolute Gasteiger partial charge is 2.00 e. The fourth-order valence-electron chi connectivity index (χ4n) is 3.61. The van der Waals surface area contributed by atoms with E-state index < -0.39 is 0 Å². The Hall–Kier alpha value is 0.439. The van der Waals surface area contributed by atoms with Gasteiger partial charge < -0.3 is 24.7 Å². The summed E-state index contributed by atoms with van der Waals surface area (Å²) in [6.45, 7) is 8.24. The molecule has 0 spiro atoms. The first kappa shape index (κ1) is 27.3. The molecule has 0 N–H and O–H groups in total. The first-order valence-electron chi connectivity index (χ1n) is 8.57. The average molecular weight is 354 g/mol. The Labute approximate surface area is 152 Å². The van der Waals surface area contributed by atoms with Crippen LogP contribution in [0.15, 0.2) is 0 Å². The minimum absolute atomic E-state index is 0. The smallest absolute Gasteiger partial charge is 0.358 e. The summed E-state index contributed by atoms with van der Waals surface area (Å²) in [7, 11) is 4.45. The first-order chi connectivity index (χ1) is 9.19. The Bertz CT molecular complexity index is 206. The summed E-state index contributed by atoms with van der Waals surface area (Å²) in [6.07, 6.45) is 11.8. The number of nitrogens with zero attached hydrogens (tertiary/aromatic N) is 2. The van der Waals surface area contributed by atoms with Gasteiger partial charge in [-0.2, -0.15) is 0 Å². The van der Waals surface area contributed by atoms with Crippen LogP contribution in [-0.4, -0.2) is 49.6 Å². The van der Waals surface area contributed by atoms with E-state index in [2.05, 4.69) is 37.7 Å². The molecule has 22 heavy (non-hydrogen) atoms. The van der Waals surface area contributed by atoms with Gasteiger partial charge in [0.2, 0.25) is 0 Å². The van der Waals surface area contributed by atoms with Gasteiger partial charge in [-0.3, -0.25) is 0 Å². The third-order valence-electron chi connectivity index (χ3n) is 4.92. The average Bonchev–Trinajstić information content (AvgIpc) is 3.09. The predicted molar refractivity (Wildman–Crippen MR) is 98.5 cm³/mol. The standard InChI is InChI=1S/C12H26N2.C5H10.2CH3.Fe/c1-5-14(6-2)10-11-8-7-9-12(11)13(3)4;1-2-4-5-3-1;;;/h11-12H,5-10H2,1-4H3;1-5H2;2*1H3;/q;;2*-1;+2. The molecule has 3 heteroatoms. The van der Waals surface area contributed by atoms with Crippen molar-refractivity contribution in [3.63, 3.8) is 0 Å². The molecule has 0 radical (unpaired) electrons. The molecule has 0 amide bonds. The van der Waals surface area contributed by atoms with Crippen LogP contribution in [0.4, 0.5) is 0 Å². The van der Waals surface area contributed by atoms with Crippen molar-refractivity contribution in [1.29, 1.82) is 0 Å². The van der Waals surface area contributed by atoms with Crippen LogP contribution in [-0.2, 0) is 17.1 Å². The molecule has 0 heterocycles. The third kappa shape index (κ3) is 10.3. The van der Waals surface area contributed by atoms with Crippen LogP contribution in [0.5, 0.6) is 0 Å². The molecule has 2 fully saturated rings. The molecule has 2 saturated carbocycles. The summed E-state index contributed by atoms with van der Waals surface area (Å²) in [4.78, 5) is 4.98. The van der Waals surface area contributed by atoms with Crippen LogP contribution in [0.2, 0.25) is 0 Å². The van der Waals surface area contributed by atoms with Crippen molar-refractivity contribution in [2.24, 2.45) is 5.92 Å². The predicted octanol–water partition coefficient (Wildman–Crippen LogP) is 4.91. The van der Waals surface area contributed by atoms with Gasteiger partial charge in [-0.15, -0.1) is 0 Å². The summed E-state index contributed by atoms with van der Waals surface area (Å²) in [6, 6.07) is 0.829. The molecule has 0 aromatic rings. The van der Waals surface area contributed by atoms with Gasteiger partial charge in [0.05, 0.1) is 0 Å². The number of hydrogen-bond donors (Lipinski definition) is 0. The summed E-state index contributed by atoms with van der Waals surface area (Å²) in [5.41, 5.74) is 0. The van der Waals surface area contributed by atoms with Crippen LogP contribution in [0.1, 0.15) is 65.2 Å². The topological polar surface area (TPSA) is 6.48 Å². The van der Waals surface area contributed by atoms with Crippen molar-refractivity contribution in [3.8, 4) is 0 Å². The van der Waals surface area contributed by atoms with Gasteiger partial charge in [0.1, 0.15) is 0 Å². The maximum atomic E-state index is 2.56. The van der Waals surface area contributed by atoms with E-state index in [1.807, 2.05) is 0 Å². The van der Waals surface area contributed by atoms with E-state index in [0.29, 0.717) is 0 Å². The van der Waals surface area contributed by atoms with Gasteiger partial charge >= 0.3 is 17.1 Å². The van der Waals surface area contributed by atoms with E-state index in [0.717, 1.165) is 12.0 Å². The van der Waals surface area contributed by atoms with Crippen molar-refractivity contribution in [2.45, 2.75) is 71.3 Å². The van der Waals surface area contributed by atoms with Gasteiger partial charge in [-0.1, -0.05) is 52.4 Å². The van der Waals surface area contributed by atoms with Crippen LogP contribution >= 0.6 is 0 Å². The van der Waals surface area contributed by atoms with Crippen molar-refractivity contribution in [2.75, 3.05) is 33.7 Å². The summed E-state index contributed by atoms with van der Waals surface area (Å²) < 4.78 is 0. The molecular formula is C19H42FeN2. The molecule has 0 saturated heterocycles. The van der Waals surface area contributed by atoms with E-state index >= 15 is 0 Å². The molecule has 0 bridgehead atoms. The monoisotopic (exact) mass is 354 g/mol. The van der Waals surface area contributed by atoms with Crippen molar-refractivity contribution >= 4 is 0 Å². The Kier molecular flexibility index (Phi) is 20.2. The number of rotatable bonds is 5. The van der Waals surface area contributed by atoms with E-state index in [-0.39, 0.29) is 31.9 Å². The SMILES string of the molecule is C1CCCC1.CCN(CC)CC1CCCC1N(C)C.[CH3-].[CH3-].[Fe+2]. The Morgan fingerprint density at radius 2 is 1.23 bits per heavy atom. The normalized spacial score (nSPS) is 23.2. The molecule has 0 aromatic carbocycles. The quantitative estimate of drug-likeness (QED) is 0.511. The van der Waals surface area contributed by atoms with Crippen molar-refractivity contribution in [3.05, 3.63) is 14.9 Å². The zero-order chi connectivity index (χ0) is 14.1. The van der Waals surface area contributed by atoms with Crippen LogP contribution in [0, 0.1) is 20.8 Å². The van der Waals surface area contributed by atoms with E-state index in [9.17, 15) is 0 Å². The molecule has 2 aliphatic carbocycles. The third-order valence-corrected chi connectivity index (χ3v) is 4.92. The van der Waals surface area contributed by atoms with Gasteiger partial charge in [-0.25, -0.2) is 0 Å². The van der Waals surface area contributed by atoms with Crippen LogP contribution < -0.4 is 0 Å². The van der Waals surface area contributed by atoms with E-state index in [4.69, 9.17) is 0 Å². The Morgan fingerprint density at radius 3 is 1.59 bits per heavy atom.